The van der Waals surface area contributed by atoms with E-state index in [1.54, 1.807) is 0 Å². The lowest BCUT2D eigenvalue weighted by Crippen LogP contribution is -2.48. The molecule has 0 aromatic heterocycles. The van der Waals surface area contributed by atoms with Crippen molar-refractivity contribution in [1.29, 1.82) is 0 Å². The number of nitrogens with one attached hydrogen (secondary N) is 1. The number of rotatable bonds is 8. The fraction of sp³-hybridized carbons (Fsp3) is 0.441. The van der Waals surface area contributed by atoms with Crippen LogP contribution in [0.4, 0.5) is 4.79 Å². The van der Waals surface area contributed by atoms with Crippen LogP contribution in [0.15, 0.2) is 78.9 Å². The van der Waals surface area contributed by atoms with E-state index in [0.717, 1.165) is 37.9 Å². The van der Waals surface area contributed by atoms with E-state index < -0.39 is 6.10 Å². The predicted molar refractivity (Wildman–Crippen MR) is 157 cm³/mol. The first-order valence-electron chi connectivity index (χ1n) is 14.9. The lowest BCUT2D eigenvalue weighted by molar-refractivity contribution is -0.235. The van der Waals surface area contributed by atoms with Crippen LogP contribution in [0.1, 0.15) is 55.1 Å². The lowest BCUT2D eigenvalue weighted by Gasteiger charge is -2.38. The van der Waals surface area contributed by atoms with Gasteiger partial charge in [0.15, 0.2) is 6.29 Å². The minimum absolute atomic E-state index is 0.0122. The van der Waals surface area contributed by atoms with Crippen molar-refractivity contribution >= 4 is 6.09 Å². The number of β-amino-alcohol motifs (C(OH)–C–C–N with tert-alkyl or cyclic N) is 1. The van der Waals surface area contributed by atoms with Gasteiger partial charge >= 0.3 is 6.09 Å². The van der Waals surface area contributed by atoms with E-state index in [1.165, 1.54) is 22.3 Å². The average molecular weight is 557 g/mol. The molecule has 2 heterocycles. The summed E-state index contributed by atoms with van der Waals surface area (Å²) < 4.78 is 17.8. The van der Waals surface area contributed by atoms with Crippen molar-refractivity contribution in [1.82, 2.24) is 10.2 Å². The maximum Gasteiger partial charge on any atom is 0.407 e. The minimum Gasteiger partial charge on any atom is -0.449 e. The highest BCUT2D eigenvalue weighted by atomic mass is 16.7. The molecule has 2 N–H and O–H groups in total. The summed E-state index contributed by atoms with van der Waals surface area (Å²) in [6, 6.07) is 26.8. The number of aliphatic hydroxyl groups excluding tert-OH is 1. The molecular weight excluding hydrogens is 516 g/mol. The van der Waals surface area contributed by atoms with Crippen LogP contribution in [0, 0.1) is 5.92 Å². The number of aliphatic hydroxyl groups is 1. The Morgan fingerprint density at radius 2 is 1.59 bits per heavy atom. The van der Waals surface area contributed by atoms with Gasteiger partial charge in [-0.25, -0.2) is 4.79 Å². The second kappa shape index (κ2) is 12.7. The molecule has 7 nitrogen and oxygen atoms in total. The van der Waals surface area contributed by atoms with Gasteiger partial charge in [-0.15, -0.1) is 0 Å². The van der Waals surface area contributed by atoms with Gasteiger partial charge in [0, 0.05) is 43.1 Å². The number of fused-ring (bicyclic) bond motifs is 3. The van der Waals surface area contributed by atoms with Crippen LogP contribution in [-0.4, -0.2) is 67.2 Å². The molecule has 1 unspecified atom stereocenters. The van der Waals surface area contributed by atoms with Gasteiger partial charge in [-0.3, -0.25) is 0 Å². The van der Waals surface area contributed by atoms with Crippen molar-refractivity contribution in [2.24, 2.45) is 5.92 Å². The number of amides is 1. The van der Waals surface area contributed by atoms with Gasteiger partial charge in [-0.05, 0) is 41.5 Å². The topological polar surface area (TPSA) is 80.3 Å². The van der Waals surface area contributed by atoms with Crippen LogP contribution < -0.4 is 5.32 Å². The minimum atomic E-state index is -0.499. The standard InChI is InChI=1S/C34H40N2O5/c1-23(32-17-20-39-33(41-32)24-9-3-2-4-10-24)31(37)21-36-18-15-25(16-19-36)35-34(38)40-22-30-28-13-7-5-11-26(28)27-12-6-8-14-29(27)30/h2-14,23,25,30-33,37H,15-22H2,1H3,(H,35,38)/t23-,31+,32-,33?/m1/s1. The van der Waals surface area contributed by atoms with E-state index in [1.807, 2.05) is 42.5 Å². The first-order chi connectivity index (χ1) is 20.1. The van der Waals surface area contributed by atoms with E-state index in [4.69, 9.17) is 14.2 Å². The maximum atomic E-state index is 12.7. The normalized spacial score (nSPS) is 22.9. The van der Waals surface area contributed by atoms with Crippen molar-refractivity contribution in [3.8, 4) is 11.1 Å². The van der Waals surface area contributed by atoms with Gasteiger partial charge in [0.1, 0.15) is 6.61 Å². The quantitative estimate of drug-likeness (QED) is 0.382. The van der Waals surface area contributed by atoms with Gasteiger partial charge in [-0.1, -0.05) is 85.8 Å². The molecule has 1 amide bonds. The Morgan fingerprint density at radius 1 is 0.951 bits per heavy atom. The van der Waals surface area contributed by atoms with Crippen LogP contribution in [0.3, 0.4) is 0 Å². The molecule has 216 valence electrons. The molecule has 2 fully saturated rings. The summed E-state index contributed by atoms with van der Waals surface area (Å²) in [7, 11) is 0. The lowest BCUT2D eigenvalue weighted by atomic mass is 9.93. The molecular formula is C34H40N2O5. The number of carbonyl (C=O) groups excluding carboxylic acids is 1. The molecule has 2 saturated heterocycles. The monoisotopic (exact) mass is 556 g/mol. The molecule has 4 atom stereocenters. The van der Waals surface area contributed by atoms with Crippen molar-refractivity contribution in [3.05, 3.63) is 95.6 Å². The number of benzene rings is 3. The van der Waals surface area contributed by atoms with E-state index in [2.05, 4.69) is 53.5 Å². The first-order valence-corrected chi connectivity index (χ1v) is 14.9. The molecule has 7 heteroatoms. The van der Waals surface area contributed by atoms with Gasteiger partial charge < -0.3 is 29.5 Å². The SMILES string of the molecule is C[C@H]([C@@H](O)CN1CCC(NC(=O)OCC2c3ccccc3-c3ccccc32)CC1)[C@H]1CCOC(c2ccccc2)O1. The zero-order valence-corrected chi connectivity index (χ0v) is 23.7. The van der Waals surface area contributed by atoms with Gasteiger partial charge in [0.25, 0.3) is 0 Å². The van der Waals surface area contributed by atoms with Crippen molar-refractivity contribution in [2.45, 2.75) is 56.6 Å². The zero-order valence-electron chi connectivity index (χ0n) is 23.7. The Bertz CT molecular complexity index is 1260. The molecule has 0 radical (unpaired) electrons. The molecule has 3 aromatic rings. The summed E-state index contributed by atoms with van der Waals surface area (Å²) >= 11 is 0. The van der Waals surface area contributed by atoms with Crippen molar-refractivity contribution in [3.63, 3.8) is 0 Å². The Morgan fingerprint density at radius 3 is 2.27 bits per heavy atom. The molecule has 6 rings (SSSR count). The summed E-state index contributed by atoms with van der Waals surface area (Å²) in [4.78, 5) is 15.0. The van der Waals surface area contributed by atoms with Crippen LogP contribution in [0.2, 0.25) is 0 Å². The molecule has 3 aromatic carbocycles. The predicted octanol–water partition coefficient (Wildman–Crippen LogP) is 5.49. The number of nitrogens with zero attached hydrogens (tertiary/aromatic N) is 1. The van der Waals surface area contributed by atoms with E-state index in [9.17, 15) is 9.90 Å². The third kappa shape index (κ3) is 6.33. The molecule has 0 saturated carbocycles. The van der Waals surface area contributed by atoms with Gasteiger partial charge in [0.2, 0.25) is 0 Å². The second-order valence-electron chi connectivity index (χ2n) is 11.5. The van der Waals surface area contributed by atoms with E-state index >= 15 is 0 Å². The zero-order chi connectivity index (χ0) is 28.2. The number of piperidine rings is 1. The number of hydrogen-bond donors (Lipinski definition) is 2. The summed E-state index contributed by atoms with van der Waals surface area (Å²) in [6.45, 7) is 5.23. The third-order valence-electron chi connectivity index (χ3n) is 8.93. The first kappa shape index (κ1) is 27.9. The maximum absolute atomic E-state index is 12.7. The smallest absolute Gasteiger partial charge is 0.407 e. The number of ether oxygens (including phenoxy) is 3. The van der Waals surface area contributed by atoms with Gasteiger partial charge in [0.05, 0.1) is 18.8 Å². The third-order valence-corrected chi connectivity index (χ3v) is 8.93. The van der Waals surface area contributed by atoms with Crippen LogP contribution in [-0.2, 0) is 14.2 Å². The number of carbonyl (C=O) groups is 1. The molecule has 1 aliphatic carbocycles. The Labute approximate surface area is 242 Å². The summed E-state index contributed by atoms with van der Waals surface area (Å²) in [5.41, 5.74) is 5.87. The summed E-state index contributed by atoms with van der Waals surface area (Å²) in [5.74, 6) is 0.0444. The Balaban J connectivity index is 0.941. The highest BCUT2D eigenvalue weighted by Crippen LogP contribution is 2.44. The van der Waals surface area contributed by atoms with E-state index in [-0.39, 0.29) is 36.4 Å². The highest BCUT2D eigenvalue weighted by Gasteiger charge is 2.34. The number of likely N-dealkylation sites (tertiary alicyclic amines) is 1. The molecule has 0 bridgehead atoms. The van der Waals surface area contributed by atoms with Gasteiger partial charge in [-0.2, -0.15) is 0 Å². The fourth-order valence-corrected chi connectivity index (χ4v) is 6.47. The van der Waals surface area contributed by atoms with Crippen LogP contribution in [0.5, 0.6) is 0 Å². The largest absolute Gasteiger partial charge is 0.449 e. The molecule has 41 heavy (non-hydrogen) atoms. The van der Waals surface area contributed by atoms with E-state index in [0.29, 0.717) is 19.8 Å². The summed E-state index contributed by atoms with van der Waals surface area (Å²) in [5, 5.41) is 14.1. The highest BCUT2D eigenvalue weighted by molar-refractivity contribution is 5.79. The van der Waals surface area contributed by atoms with Crippen LogP contribution >= 0.6 is 0 Å². The average Bonchev–Trinajstić information content (AvgIpc) is 3.34. The fourth-order valence-electron chi connectivity index (χ4n) is 6.47. The molecule has 0 spiro atoms. The Kier molecular flexibility index (Phi) is 8.67. The molecule has 2 aliphatic heterocycles. The van der Waals surface area contributed by atoms with Crippen LogP contribution in [0.25, 0.3) is 11.1 Å². The van der Waals surface area contributed by atoms with Crippen molar-refractivity contribution < 1.29 is 24.1 Å². The number of hydrogen-bond acceptors (Lipinski definition) is 6. The Hall–Kier alpha value is -3.23. The summed E-state index contributed by atoms with van der Waals surface area (Å²) in [6.07, 6.45) is 1.13. The van der Waals surface area contributed by atoms with Crippen molar-refractivity contribution in [2.75, 3.05) is 32.8 Å². The molecule has 3 aliphatic rings. The number of alkyl carbamates (subject to hydrolysis) is 1. The second-order valence-corrected chi connectivity index (χ2v) is 11.5.